The van der Waals surface area contributed by atoms with Crippen LogP contribution in [-0.4, -0.2) is 37.6 Å². The van der Waals surface area contributed by atoms with Gasteiger partial charge in [0.1, 0.15) is 0 Å². The first kappa shape index (κ1) is 6.51. The Kier molecular flexibility index (Phi) is 2.48. The van der Waals surface area contributed by atoms with Crippen LogP contribution in [0.5, 0.6) is 0 Å². The molecule has 0 aliphatic carbocycles. The maximum absolute atomic E-state index is 9.77. The molecule has 1 aliphatic heterocycles. The third kappa shape index (κ3) is 1.99. The molecule has 1 saturated heterocycles. The molecule has 0 spiro atoms. The molecule has 0 saturated carbocycles. The number of nitrogens with zero attached hydrogens (tertiary/aromatic N) is 1. The van der Waals surface area contributed by atoms with Crippen LogP contribution in [0.15, 0.2) is 0 Å². The molecule has 1 heterocycles. The van der Waals surface area contributed by atoms with Gasteiger partial charge in [0.25, 0.3) is 0 Å². The second-order valence-corrected chi connectivity index (χ2v) is 1.95. The van der Waals surface area contributed by atoms with Gasteiger partial charge in [0, 0.05) is 26.2 Å². The fourth-order valence-electron chi connectivity index (χ4n) is 0.841. The molecule has 9 heavy (non-hydrogen) atoms. The van der Waals surface area contributed by atoms with Gasteiger partial charge in [-0.3, -0.25) is 10.2 Å². The molecule has 1 aliphatic rings. The minimum Gasteiger partial charge on any atom is -0.314 e. The van der Waals surface area contributed by atoms with Crippen molar-refractivity contribution in [3.8, 4) is 0 Å². The number of nitrogens with one attached hydrogen (secondary N) is 2. The highest BCUT2D eigenvalue weighted by molar-refractivity contribution is 5.46. The van der Waals surface area contributed by atoms with Gasteiger partial charge in [0.15, 0.2) is 0 Å². The normalized spacial score (nSPS) is 21.3. The van der Waals surface area contributed by atoms with Gasteiger partial charge in [-0.05, 0) is 0 Å². The molecule has 0 aromatic carbocycles. The lowest BCUT2D eigenvalue weighted by Crippen LogP contribution is -2.49. The number of rotatable bonds is 2. The van der Waals surface area contributed by atoms with Crippen molar-refractivity contribution in [2.45, 2.75) is 0 Å². The molecule has 4 heteroatoms. The molecule has 0 atom stereocenters. The monoisotopic (exact) mass is 128 g/mol. The molecule has 1 fully saturated rings. The van der Waals surface area contributed by atoms with Crippen molar-refractivity contribution in [1.29, 1.82) is 0 Å². The summed E-state index contributed by atoms with van der Waals surface area (Å²) in [4.78, 5) is 9.77. The van der Waals surface area contributed by atoms with E-state index in [-0.39, 0.29) is 0 Å². The second kappa shape index (κ2) is 3.42. The largest absolute Gasteiger partial charge is 0.324 e. The van der Waals surface area contributed by atoms with Gasteiger partial charge in [-0.15, -0.1) is 0 Å². The van der Waals surface area contributed by atoms with Crippen molar-refractivity contribution in [3.05, 3.63) is 0 Å². The summed E-state index contributed by atoms with van der Waals surface area (Å²) < 4.78 is 0. The highest BCUT2D eigenvalue weighted by Gasteiger charge is 2.06. The summed E-state index contributed by atoms with van der Waals surface area (Å²) in [7, 11) is 0. The summed E-state index contributed by atoms with van der Waals surface area (Å²) in [6.07, 6.45) is 1.64. The summed E-state index contributed by atoms with van der Waals surface area (Å²) in [5.41, 5.74) is 2.47. The van der Waals surface area contributed by atoms with Crippen molar-refractivity contribution in [2.75, 3.05) is 26.2 Å². The zero-order chi connectivity index (χ0) is 6.53. The highest BCUT2D eigenvalue weighted by Crippen LogP contribution is 1.83. The van der Waals surface area contributed by atoms with E-state index in [1.165, 1.54) is 0 Å². The van der Waals surface area contributed by atoms with Crippen LogP contribution in [0, 0.1) is 0 Å². The first-order chi connectivity index (χ1) is 4.43. The molecule has 0 bridgehead atoms. The minimum atomic E-state index is 0.870. The average molecular weight is 128 g/mol. The Balaban J connectivity index is 2.15. The number of hydrogen-bond acceptors (Lipinski definition) is 3. The van der Waals surface area contributed by atoms with Crippen LogP contribution in [0.25, 0.3) is 0 Å². The SMILES string of the molecule is O=[C]NN1CCNCC1. The number of hydrazine groups is 1. The van der Waals surface area contributed by atoms with Crippen LogP contribution in [0.4, 0.5) is 0 Å². The molecule has 0 unspecified atom stereocenters. The molecule has 0 aromatic heterocycles. The molecule has 51 valence electrons. The number of hydrogen-bond donors (Lipinski definition) is 2. The van der Waals surface area contributed by atoms with E-state index in [2.05, 4.69) is 10.7 Å². The summed E-state index contributed by atoms with van der Waals surface area (Å²) in [5.74, 6) is 0. The van der Waals surface area contributed by atoms with Crippen LogP contribution in [0.1, 0.15) is 0 Å². The smallest absolute Gasteiger partial charge is 0.314 e. The molecular weight excluding hydrogens is 118 g/mol. The van der Waals surface area contributed by atoms with Crippen molar-refractivity contribution < 1.29 is 4.79 Å². The predicted octanol–water partition coefficient (Wildman–Crippen LogP) is -1.54. The average Bonchev–Trinajstić information content (AvgIpc) is 1.91. The zero-order valence-corrected chi connectivity index (χ0v) is 5.18. The van der Waals surface area contributed by atoms with E-state index >= 15 is 0 Å². The molecule has 1 rings (SSSR count). The summed E-state index contributed by atoms with van der Waals surface area (Å²) in [5, 5.41) is 5.00. The first-order valence-electron chi connectivity index (χ1n) is 3.02. The van der Waals surface area contributed by atoms with Crippen molar-refractivity contribution in [1.82, 2.24) is 15.8 Å². The lowest BCUT2D eigenvalue weighted by molar-refractivity contribution is 0.202. The third-order valence-corrected chi connectivity index (χ3v) is 1.32. The summed E-state index contributed by atoms with van der Waals surface area (Å²) in [6.45, 7) is 3.62. The van der Waals surface area contributed by atoms with Crippen LogP contribution in [0.2, 0.25) is 0 Å². The lowest BCUT2D eigenvalue weighted by Gasteiger charge is -2.24. The van der Waals surface area contributed by atoms with E-state index in [0.717, 1.165) is 26.2 Å². The van der Waals surface area contributed by atoms with E-state index in [9.17, 15) is 4.79 Å². The second-order valence-electron chi connectivity index (χ2n) is 1.95. The maximum Gasteiger partial charge on any atom is 0.324 e. The van der Waals surface area contributed by atoms with E-state index in [4.69, 9.17) is 0 Å². The van der Waals surface area contributed by atoms with Gasteiger partial charge in [-0.2, -0.15) is 0 Å². The van der Waals surface area contributed by atoms with Crippen LogP contribution in [0.3, 0.4) is 0 Å². The molecule has 4 nitrogen and oxygen atoms in total. The number of carbonyl (C=O) groups excluding carboxylic acids is 1. The molecule has 0 aromatic rings. The van der Waals surface area contributed by atoms with Crippen molar-refractivity contribution in [2.24, 2.45) is 0 Å². The van der Waals surface area contributed by atoms with Crippen molar-refractivity contribution in [3.63, 3.8) is 0 Å². The Morgan fingerprint density at radius 2 is 2.11 bits per heavy atom. The fourth-order valence-corrected chi connectivity index (χ4v) is 0.841. The Hall–Kier alpha value is -0.610. The van der Waals surface area contributed by atoms with Crippen LogP contribution >= 0.6 is 0 Å². The van der Waals surface area contributed by atoms with Crippen LogP contribution in [-0.2, 0) is 4.79 Å². The Labute approximate surface area is 54.2 Å². The van der Waals surface area contributed by atoms with E-state index in [0.29, 0.717) is 0 Å². The first-order valence-corrected chi connectivity index (χ1v) is 3.02. The van der Waals surface area contributed by atoms with Gasteiger partial charge in [-0.1, -0.05) is 0 Å². The molecule has 1 radical (unpaired) electrons. The molecule has 1 amide bonds. The van der Waals surface area contributed by atoms with E-state index in [1.807, 2.05) is 5.01 Å². The summed E-state index contributed by atoms with van der Waals surface area (Å²) >= 11 is 0. The van der Waals surface area contributed by atoms with Gasteiger partial charge in [-0.25, -0.2) is 5.01 Å². The van der Waals surface area contributed by atoms with E-state index < -0.39 is 0 Å². The van der Waals surface area contributed by atoms with Gasteiger partial charge >= 0.3 is 6.41 Å². The molecular formula is C5H10N3O. The minimum absolute atomic E-state index is 0.870. The quantitative estimate of drug-likeness (QED) is 0.443. The number of amides is 1. The van der Waals surface area contributed by atoms with E-state index in [1.54, 1.807) is 6.41 Å². The topological polar surface area (TPSA) is 44.4 Å². The predicted molar refractivity (Wildman–Crippen MR) is 33.3 cm³/mol. The highest BCUT2D eigenvalue weighted by atomic mass is 16.1. The van der Waals surface area contributed by atoms with Crippen molar-refractivity contribution >= 4 is 6.41 Å². The van der Waals surface area contributed by atoms with Gasteiger partial charge in [0.05, 0.1) is 0 Å². The lowest BCUT2D eigenvalue weighted by atomic mass is 10.4. The zero-order valence-electron chi connectivity index (χ0n) is 5.18. The Morgan fingerprint density at radius 1 is 1.44 bits per heavy atom. The third-order valence-electron chi connectivity index (χ3n) is 1.32. The summed E-state index contributed by atoms with van der Waals surface area (Å²) in [6, 6.07) is 0. The number of piperazine rings is 1. The maximum atomic E-state index is 9.77. The Bertz CT molecular complexity index is 90.2. The fraction of sp³-hybridized carbons (Fsp3) is 0.800. The molecule has 2 N–H and O–H groups in total. The van der Waals surface area contributed by atoms with Gasteiger partial charge < -0.3 is 5.32 Å². The van der Waals surface area contributed by atoms with Crippen LogP contribution < -0.4 is 10.7 Å². The van der Waals surface area contributed by atoms with Gasteiger partial charge in [0.2, 0.25) is 0 Å². The standard InChI is InChI=1S/C5H10N3O/c9-5-7-8-3-1-6-2-4-8/h6H,1-4H2,(H,7,9). The Morgan fingerprint density at radius 3 is 2.67 bits per heavy atom.